The summed E-state index contributed by atoms with van der Waals surface area (Å²) < 4.78 is 10.5. The summed E-state index contributed by atoms with van der Waals surface area (Å²) in [6.07, 6.45) is 1.68. The van der Waals surface area contributed by atoms with Crippen LogP contribution in [0.1, 0.15) is 18.9 Å². The maximum Gasteiger partial charge on any atom is 0.306 e. The minimum absolute atomic E-state index is 0.143. The van der Waals surface area contributed by atoms with Crippen LogP contribution >= 0.6 is 0 Å². The Morgan fingerprint density at radius 2 is 2.05 bits per heavy atom. The van der Waals surface area contributed by atoms with Crippen LogP contribution < -0.4 is 9.47 Å². The molecule has 0 saturated heterocycles. The zero-order valence-corrected chi connectivity index (χ0v) is 11.6. The number of carbonyl (C=O) groups is 1. The summed E-state index contributed by atoms with van der Waals surface area (Å²) in [5.74, 6) is 1.32. The second kappa shape index (κ2) is 5.51. The highest BCUT2D eigenvalue weighted by Crippen LogP contribution is 2.45. The van der Waals surface area contributed by atoms with E-state index < -0.39 is 5.97 Å². The van der Waals surface area contributed by atoms with Gasteiger partial charge in [-0.1, -0.05) is 13.0 Å². The van der Waals surface area contributed by atoms with Crippen LogP contribution in [0.4, 0.5) is 0 Å². The van der Waals surface area contributed by atoms with Crippen LogP contribution in [0.25, 0.3) is 0 Å². The first-order valence-electron chi connectivity index (χ1n) is 6.50. The third-order valence-corrected chi connectivity index (χ3v) is 3.89. The number of carboxylic acid groups (broad SMARTS) is 1. The van der Waals surface area contributed by atoms with E-state index in [-0.39, 0.29) is 5.92 Å². The fourth-order valence-corrected chi connectivity index (χ4v) is 2.66. The zero-order chi connectivity index (χ0) is 14.0. The first-order valence-corrected chi connectivity index (χ1v) is 6.50. The lowest BCUT2D eigenvalue weighted by atomic mass is 9.95. The van der Waals surface area contributed by atoms with Gasteiger partial charge in [0, 0.05) is 0 Å². The molecule has 0 heterocycles. The average Bonchev–Trinajstić information content (AvgIpc) is 3.19. The number of benzene rings is 1. The lowest BCUT2D eigenvalue weighted by molar-refractivity contribution is -0.139. The van der Waals surface area contributed by atoms with Crippen molar-refractivity contribution in [3.05, 3.63) is 23.8 Å². The molecule has 1 saturated carbocycles. The molecule has 0 bridgehead atoms. The van der Waals surface area contributed by atoms with Crippen LogP contribution in [0.3, 0.4) is 0 Å². The van der Waals surface area contributed by atoms with Crippen LogP contribution in [-0.4, -0.2) is 25.3 Å². The molecule has 0 aliphatic heterocycles. The largest absolute Gasteiger partial charge is 0.493 e. The van der Waals surface area contributed by atoms with Gasteiger partial charge in [0.15, 0.2) is 11.5 Å². The third-order valence-electron chi connectivity index (χ3n) is 3.89. The number of hydrogen-bond donors (Lipinski definition) is 1. The Kier molecular flexibility index (Phi) is 3.98. The third kappa shape index (κ3) is 3.00. The van der Waals surface area contributed by atoms with Crippen molar-refractivity contribution in [3.63, 3.8) is 0 Å². The molecule has 0 aromatic heterocycles. The van der Waals surface area contributed by atoms with Crippen molar-refractivity contribution in [1.29, 1.82) is 0 Å². The predicted molar refractivity (Wildman–Crippen MR) is 71.6 cm³/mol. The average molecular weight is 264 g/mol. The van der Waals surface area contributed by atoms with E-state index in [9.17, 15) is 4.79 Å². The lowest BCUT2D eigenvalue weighted by Gasteiger charge is -2.13. The van der Waals surface area contributed by atoms with Crippen LogP contribution in [0.15, 0.2) is 18.2 Å². The molecule has 4 nitrogen and oxygen atoms in total. The molecule has 1 aliphatic carbocycles. The van der Waals surface area contributed by atoms with Crippen molar-refractivity contribution < 1.29 is 19.4 Å². The highest BCUT2D eigenvalue weighted by molar-refractivity contribution is 5.73. The molecule has 0 radical (unpaired) electrons. The van der Waals surface area contributed by atoms with Crippen LogP contribution in [0.2, 0.25) is 0 Å². The Morgan fingerprint density at radius 1 is 1.37 bits per heavy atom. The number of aliphatic carboxylic acids is 1. The van der Waals surface area contributed by atoms with E-state index in [1.807, 2.05) is 18.2 Å². The molecule has 4 heteroatoms. The second-order valence-electron chi connectivity index (χ2n) is 5.22. The summed E-state index contributed by atoms with van der Waals surface area (Å²) in [5.41, 5.74) is 1.15. The fourth-order valence-electron chi connectivity index (χ4n) is 2.66. The van der Waals surface area contributed by atoms with Gasteiger partial charge in [-0.25, -0.2) is 0 Å². The Bertz CT molecular complexity index is 469. The number of hydrogen-bond acceptors (Lipinski definition) is 3. The number of ether oxygens (including phenoxy) is 2. The standard InChI is InChI=1S/C15H20O4/c1-9(11-8-12(11)15(16)17)6-10-4-5-13(18-2)14(7-10)19-3/h4-5,7,9,11-12H,6,8H2,1-3H3,(H,16,17). The Morgan fingerprint density at radius 3 is 2.58 bits per heavy atom. The van der Waals surface area contributed by atoms with Gasteiger partial charge in [0.1, 0.15) is 0 Å². The van der Waals surface area contributed by atoms with Gasteiger partial charge in [-0.3, -0.25) is 4.79 Å². The molecular weight excluding hydrogens is 244 g/mol. The smallest absolute Gasteiger partial charge is 0.306 e. The molecule has 2 rings (SSSR count). The van der Waals surface area contributed by atoms with Gasteiger partial charge < -0.3 is 14.6 Å². The van der Waals surface area contributed by atoms with Crippen molar-refractivity contribution in [3.8, 4) is 11.5 Å². The monoisotopic (exact) mass is 264 g/mol. The Hall–Kier alpha value is -1.71. The topological polar surface area (TPSA) is 55.8 Å². The van der Waals surface area contributed by atoms with Crippen molar-refractivity contribution in [1.82, 2.24) is 0 Å². The maximum atomic E-state index is 10.9. The fraction of sp³-hybridized carbons (Fsp3) is 0.533. The molecule has 1 aromatic rings. The molecular formula is C15H20O4. The predicted octanol–water partition coefficient (Wildman–Crippen LogP) is 2.60. The van der Waals surface area contributed by atoms with E-state index >= 15 is 0 Å². The van der Waals surface area contributed by atoms with E-state index in [1.54, 1.807) is 14.2 Å². The molecule has 3 atom stereocenters. The summed E-state index contributed by atoms with van der Waals surface area (Å²) >= 11 is 0. The van der Waals surface area contributed by atoms with Crippen molar-refractivity contribution in [2.75, 3.05) is 14.2 Å². The molecule has 104 valence electrons. The quantitative estimate of drug-likeness (QED) is 0.858. The van der Waals surface area contributed by atoms with E-state index in [0.29, 0.717) is 17.6 Å². The molecule has 1 fully saturated rings. The van der Waals surface area contributed by atoms with Gasteiger partial charge in [0.25, 0.3) is 0 Å². The SMILES string of the molecule is COc1ccc(CC(C)C2CC2C(=O)O)cc1OC. The van der Waals surface area contributed by atoms with Crippen LogP contribution in [-0.2, 0) is 11.2 Å². The first-order chi connectivity index (χ1) is 9.06. The van der Waals surface area contributed by atoms with E-state index in [4.69, 9.17) is 14.6 Å². The summed E-state index contributed by atoms with van der Waals surface area (Å²) in [4.78, 5) is 10.9. The summed E-state index contributed by atoms with van der Waals surface area (Å²) in [7, 11) is 3.23. The van der Waals surface area contributed by atoms with Gasteiger partial charge in [0.05, 0.1) is 20.1 Å². The molecule has 3 unspecified atom stereocenters. The minimum atomic E-state index is -0.663. The molecule has 1 aliphatic rings. The number of carboxylic acids is 1. The molecule has 1 aromatic carbocycles. The first kappa shape index (κ1) is 13.7. The summed E-state index contributed by atoms with van der Waals surface area (Å²) in [5, 5.41) is 8.95. The lowest BCUT2D eigenvalue weighted by Crippen LogP contribution is -2.08. The Labute approximate surface area is 113 Å². The zero-order valence-electron chi connectivity index (χ0n) is 11.6. The van der Waals surface area contributed by atoms with Crippen molar-refractivity contribution in [2.45, 2.75) is 19.8 Å². The van der Waals surface area contributed by atoms with Crippen LogP contribution in [0.5, 0.6) is 11.5 Å². The van der Waals surface area contributed by atoms with Crippen molar-refractivity contribution in [2.24, 2.45) is 17.8 Å². The highest BCUT2D eigenvalue weighted by atomic mass is 16.5. The normalized spacial score (nSPS) is 22.7. The number of rotatable bonds is 6. The van der Waals surface area contributed by atoms with Gasteiger partial charge in [-0.2, -0.15) is 0 Å². The van der Waals surface area contributed by atoms with Gasteiger partial charge in [0.2, 0.25) is 0 Å². The molecule has 1 N–H and O–H groups in total. The van der Waals surface area contributed by atoms with E-state index in [0.717, 1.165) is 24.2 Å². The maximum absolute atomic E-state index is 10.9. The van der Waals surface area contributed by atoms with E-state index in [1.165, 1.54) is 0 Å². The molecule has 19 heavy (non-hydrogen) atoms. The second-order valence-corrected chi connectivity index (χ2v) is 5.22. The molecule has 0 spiro atoms. The minimum Gasteiger partial charge on any atom is -0.493 e. The Balaban J connectivity index is 2.01. The van der Waals surface area contributed by atoms with Gasteiger partial charge >= 0.3 is 5.97 Å². The molecule has 0 amide bonds. The van der Waals surface area contributed by atoms with E-state index in [2.05, 4.69) is 6.92 Å². The van der Waals surface area contributed by atoms with Crippen LogP contribution in [0, 0.1) is 17.8 Å². The summed E-state index contributed by atoms with van der Waals surface area (Å²) in [6.45, 7) is 2.12. The van der Waals surface area contributed by atoms with Gasteiger partial charge in [-0.15, -0.1) is 0 Å². The highest BCUT2D eigenvalue weighted by Gasteiger charge is 2.46. The summed E-state index contributed by atoms with van der Waals surface area (Å²) in [6, 6.07) is 5.87. The van der Waals surface area contributed by atoms with Crippen molar-refractivity contribution >= 4 is 5.97 Å². The number of methoxy groups -OCH3 is 2. The van der Waals surface area contributed by atoms with Gasteiger partial charge in [-0.05, 0) is 42.4 Å².